The molecule has 0 fully saturated rings. The molecule has 0 aliphatic carbocycles. The van der Waals surface area contributed by atoms with Crippen LogP contribution < -0.4 is 15.6 Å². The Balaban J connectivity index is 1.93. The lowest BCUT2D eigenvalue weighted by Crippen LogP contribution is -2.27. The first kappa shape index (κ1) is 24.3. The van der Waals surface area contributed by atoms with E-state index in [1.165, 1.54) is 16.8 Å². The van der Waals surface area contributed by atoms with Gasteiger partial charge in [0.2, 0.25) is 0 Å². The van der Waals surface area contributed by atoms with Crippen LogP contribution >= 0.6 is 0 Å². The number of hydrogen-bond acceptors (Lipinski definition) is 4. The van der Waals surface area contributed by atoms with E-state index in [9.17, 15) is 18.0 Å². The molecule has 0 aliphatic rings. The Labute approximate surface area is 194 Å². The van der Waals surface area contributed by atoms with E-state index >= 15 is 0 Å². The zero-order chi connectivity index (χ0) is 24.3. The minimum Gasteiger partial charge on any atom is -0.352 e. The number of aryl methyl sites for hydroxylation is 1. The van der Waals surface area contributed by atoms with Crippen molar-refractivity contribution in [2.24, 2.45) is 13.0 Å². The Morgan fingerprint density at radius 2 is 1.73 bits per heavy atom. The summed E-state index contributed by atoms with van der Waals surface area (Å²) in [5, 5.41) is 2.84. The highest BCUT2D eigenvalue weighted by atomic mass is 32.2. The number of anilines is 1. The number of aromatic nitrogens is 2. The second-order valence-electron chi connectivity index (χ2n) is 8.46. The number of nitrogens with zero attached hydrogens (tertiary/aromatic N) is 2. The zero-order valence-corrected chi connectivity index (χ0v) is 20.4. The third-order valence-electron chi connectivity index (χ3n) is 5.56. The second-order valence-corrected chi connectivity index (χ2v) is 10.1. The van der Waals surface area contributed by atoms with Gasteiger partial charge in [0.1, 0.15) is 5.69 Å². The number of nitrogens with one attached hydrogen (secondary N) is 2. The Morgan fingerprint density at radius 1 is 1.06 bits per heavy atom. The van der Waals surface area contributed by atoms with Crippen molar-refractivity contribution in [2.45, 2.75) is 39.0 Å². The molecule has 0 aliphatic heterocycles. The van der Waals surface area contributed by atoms with Crippen LogP contribution in [0, 0.1) is 19.8 Å². The Hall–Kier alpha value is -3.33. The molecule has 0 saturated carbocycles. The van der Waals surface area contributed by atoms with Gasteiger partial charge in [0.25, 0.3) is 21.5 Å². The number of benzene rings is 2. The van der Waals surface area contributed by atoms with Gasteiger partial charge < -0.3 is 5.32 Å². The maximum absolute atomic E-state index is 13.2. The molecule has 9 heteroatoms. The van der Waals surface area contributed by atoms with Gasteiger partial charge in [0.15, 0.2) is 0 Å². The summed E-state index contributed by atoms with van der Waals surface area (Å²) in [6.07, 6.45) is 0.825. The van der Waals surface area contributed by atoms with E-state index in [-0.39, 0.29) is 22.1 Å². The van der Waals surface area contributed by atoms with E-state index in [1.807, 2.05) is 6.07 Å². The van der Waals surface area contributed by atoms with Crippen LogP contribution in [0.15, 0.2) is 58.2 Å². The highest BCUT2D eigenvalue weighted by Crippen LogP contribution is 2.21. The number of hydrogen-bond donors (Lipinski definition) is 2. The molecule has 8 nitrogen and oxygen atoms in total. The van der Waals surface area contributed by atoms with Gasteiger partial charge in [-0.2, -0.15) is 0 Å². The molecule has 176 valence electrons. The van der Waals surface area contributed by atoms with E-state index in [0.29, 0.717) is 29.4 Å². The summed E-state index contributed by atoms with van der Waals surface area (Å²) in [5.41, 5.74) is 1.51. The van der Waals surface area contributed by atoms with Gasteiger partial charge in [0.05, 0.1) is 16.3 Å². The molecule has 0 spiro atoms. The van der Waals surface area contributed by atoms with Crippen molar-refractivity contribution in [1.82, 2.24) is 14.7 Å². The van der Waals surface area contributed by atoms with Crippen LogP contribution in [0.1, 0.15) is 41.9 Å². The van der Waals surface area contributed by atoms with Crippen molar-refractivity contribution >= 4 is 21.6 Å². The molecule has 1 amide bonds. The predicted molar refractivity (Wildman–Crippen MR) is 130 cm³/mol. The number of carbonyl (C=O) groups is 1. The summed E-state index contributed by atoms with van der Waals surface area (Å²) < 4.78 is 31.7. The summed E-state index contributed by atoms with van der Waals surface area (Å²) in [5.74, 6) is 0.115. The Kier molecular flexibility index (Phi) is 7.12. The predicted octanol–water partition coefficient (Wildman–Crippen LogP) is 3.37. The molecule has 33 heavy (non-hydrogen) atoms. The fraction of sp³-hybridized carbons (Fsp3) is 0.333. The van der Waals surface area contributed by atoms with Gasteiger partial charge in [0, 0.05) is 19.2 Å². The number of amides is 1. The summed E-state index contributed by atoms with van der Waals surface area (Å²) in [6.45, 7) is 8.05. The van der Waals surface area contributed by atoms with Crippen molar-refractivity contribution in [2.75, 3.05) is 11.3 Å². The van der Waals surface area contributed by atoms with Crippen molar-refractivity contribution in [3.8, 4) is 5.69 Å². The topological polar surface area (TPSA) is 102 Å². The minimum atomic E-state index is -4.11. The van der Waals surface area contributed by atoms with Crippen LogP contribution in [0.3, 0.4) is 0 Å². The summed E-state index contributed by atoms with van der Waals surface area (Å²) in [6, 6.07) is 13.3. The summed E-state index contributed by atoms with van der Waals surface area (Å²) in [4.78, 5) is 25.6. The molecule has 0 unspecified atom stereocenters. The van der Waals surface area contributed by atoms with Gasteiger partial charge >= 0.3 is 0 Å². The van der Waals surface area contributed by atoms with E-state index in [0.717, 1.165) is 6.42 Å². The minimum absolute atomic E-state index is 0.0372. The molecule has 0 atom stereocenters. The summed E-state index contributed by atoms with van der Waals surface area (Å²) >= 11 is 0. The summed E-state index contributed by atoms with van der Waals surface area (Å²) in [7, 11) is -2.42. The van der Waals surface area contributed by atoms with Gasteiger partial charge in [-0.15, -0.1) is 0 Å². The van der Waals surface area contributed by atoms with Crippen molar-refractivity contribution in [3.63, 3.8) is 0 Å². The van der Waals surface area contributed by atoms with Gasteiger partial charge in [-0.05, 0) is 56.0 Å². The first-order valence-electron chi connectivity index (χ1n) is 10.8. The molecule has 0 saturated heterocycles. The van der Waals surface area contributed by atoms with Crippen molar-refractivity contribution in [1.29, 1.82) is 0 Å². The molecule has 2 N–H and O–H groups in total. The molecule has 3 aromatic rings. The normalized spacial score (nSPS) is 11.6. The number of rotatable bonds is 8. The van der Waals surface area contributed by atoms with Crippen molar-refractivity contribution < 1.29 is 13.2 Å². The largest absolute Gasteiger partial charge is 0.352 e. The maximum Gasteiger partial charge on any atom is 0.296 e. The third-order valence-corrected chi connectivity index (χ3v) is 6.91. The molecular formula is C24H30N4O4S. The lowest BCUT2D eigenvalue weighted by molar-refractivity contribution is 0.0951. The first-order valence-corrected chi connectivity index (χ1v) is 12.3. The Morgan fingerprint density at radius 3 is 2.36 bits per heavy atom. The van der Waals surface area contributed by atoms with E-state index in [4.69, 9.17) is 0 Å². The average molecular weight is 471 g/mol. The standard InChI is InChI=1S/C24H30N4O4S/c1-16(2)13-14-25-23(29)21-15-20(12-11-17(21)3)33(31,32)26-22-18(4)27(5)28(24(22)30)19-9-7-6-8-10-19/h6-12,15-16,26H,13-14H2,1-5H3,(H,25,29). The zero-order valence-electron chi connectivity index (χ0n) is 19.5. The molecule has 3 rings (SSSR count). The molecule has 0 bridgehead atoms. The molecule has 0 radical (unpaired) electrons. The van der Waals surface area contributed by atoms with Crippen LogP contribution in [0.2, 0.25) is 0 Å². The fourth-order valence-electron chi connectivity index (χ4n) is 3.46. The number of sulfonamides is 1. The Bertz CT molecular complexity index is 1320. The first-order chi connectivity index (χ1) is 15.5. The molecule has 2 aromatic carbocycles. The quantitative estimate of drug-likeness (QED) is 0.527. The van der Waals surface area contributed by atoms with E-state index in [1.54, 1.807) is 55.9 Å². The fourth-order valence-corrected chi connectivity index (χ4v) is 4.60. The lowest BCUT2D eigenvalue weighted by atomic mass is 10.1. The number of para-hydroxylation sites is 1. The highest BCUT2D eigenvalue weighted by Gasteiger charge is 2.24. The maximum atomic E-state index is 13.2. The van der Waals surface area contributed by atoms with Gasteiger partial charge in [-0.1, -0.05) is 38.1 Å². The SMILES string of the molecule is Cc1ccc(S(=O)(=O)Nc2c(C)n(C)n(-c3ccccc3)c2=O)cc1C(=O)NCCC(C)C. The van der Waals surface area contributed by atoms with Crippen LogP contribution in [-0.2, 0) is 17.1 Å². The molecule has 1 aromatic heterocycles. The smallest absolute Gasteiger partial charge is 0.296 e. The van der Waals surface area contributed by atoms with Crippen molar-refractivity contribution in [3.05, 3.63) is 75.7 Å². The highest BCUT2D eigenvalue weighted by molar-refractivity contribution is 7.92. The van der Waals surface area contributed by atoms with E-state index < -0.39 is 15.6 Å². The third kappa shape index (κ3) is 5.19. The monoisotopic (exact) mass is 470 g/mol. The van der Waals surface area contributed by atoms with E-state index in [2.05, 4.69) is 23.9 Å². The second kappa shape index (κ2) is 9.66. The van der Waals surface area contributed by atoms with Crippen LogP contribution in [0.25, 0.3) is 5.69 Å². The van der Waals surface area contributed by atoms with Gasteiger partial charge in [-0.25, -0.2) is 13.1 Å². The van der Waals surface area contributed by atoms with Crippen LogP contribution in [0.5, 0.6) is 0 Å². The van der Waals surface area contributed by atoms with Gasteiger partial charge in [-0.3, -0.25) is 19.0 Å². The van der Waals surface area contributed by atoms with Crippen LogP contribution in [0.4, 0.5) is 5.69 Å². The number of carbonyl (C=O) groups excluding carboxylic acids is 1. The molecule has 1 heterocycles. The lowest BCUT2D eigenvalue weighted by Gasteiger charge is -2.12. The molecular weight excluding hydrogens is 440 g/mol. The average Bonchev–Trinajstić information content (AvgIpc) is 2.97. The van der Waals surface area contributed by atoms with Crippen LogP contribution in [-0.4, -0.2) is 30.2 Å².